The van der Waals surface area contributed by atoms with Crippen molar-refractivity contribution in [3.8, 4) is 5.75 Å². The topological polar surface area (TPSA) is 76.2 Å². The zero-order chi connectivity index (χ0) is 22.6. The summed E-state index contributed by atoms with van der Waals surface area (Å²) in [4.78, 5) is 22.2. The number of anilines is 2. The molecule has 5 rings (SSSR count). The van der Waals surface area contributed by atoms with Gasteiger partial charge in [0, 0.05) is 38.3 Å². The highest BCUT2D eigenvalue weighted by Gasteiger charge is 2.20. The highest BCUT2D eigenvalue weighted by Crippen LogP contribution is 2.39. The van der Waals surface area contributed by atoms with E-state index in [1.165, 1.54) is 16.9 Å². The number of methoxy groups -OCH3 is 1. The number of aromatic nitrogens is 1. The van der Waals surface area contributed by atoms with Gasteiger partial charge in [-0.1, -0.05) is 23.5 Å². The molecule has 0 atom stereocenters. The van der Waals surface area contributed by atoms with Gasteiger partial charge in [0.2, 0.25) is 0 Å². The number of carbonyl (C=O) groups is 1. The van der Waals surface area contributed by atoms with Crippen LogP contribution in [0.4, 0.5) is 10.8 Å². The van der Waals surface area contributed by atoms with Crippen LogP contribution in [0.3, 0.4) is 0 Å². The third-order valence-corrected chi connectivity index (χ3v) is 7.00. The Morgan fingerprint density at radius 2 is 1.73 bits per heavy atom. The molecule has 1 amide bonds. The molecule has 0 bridgehead atoms. The lowest BCUT2D eigenvalue weighted by atomic mass is 10.1. The average molecular weight is 469 g/mol. The van der Waals surface area contributed by atoms with Gasteiger partial charge in [0.1, 0.15) is 11.3 Å². The molecule has 9 heteroatoms. The van der Waals surface area contributed by atoms with Gasteiger partial charge in [-0.25, -0.2) is 4.98 Å². The Morgan fingerprint density at radius 1 is 1.03 bits per heavy atom. The smallest absolute Gasteiger partial charge is 0.257 e. The lowest BCUT2D eigenvalue weighted by molar-refractivity contribution is 0.0342. The number of carbonyl (C=O) groups excluding carboxylic acids is 1. The molecule has 2 aliphatic heterocycles. The summed E-state index contributed by atoms with van der Waals surface area (Å²) in [7, 11) is 1.64. The minimum absolute atomic E-state index is 0.168. The van der Waals surface area contributed by atoms with Crippen molar-refractivity contribution in [3.63, 3.8) is 0 Å². The Hall–Kier alpha value is -2.72. The van der Waals surface area contributed by atoms with Crippen molar-refractivity contribution in [2.75, 3.05) is 69.9 Å². The number of rotatable bonds is 6. The van der Waals surface area contributed by atoms with Gasteiger partial charge in [-0.05, 0) is 29.8 Å². The first kappa shape index (κ1) is 22.1. The van der Waals surface area contributed by atoms with E-state index in [9.17, 15) is 4.79 Å². The fourth-order valence-electron chi connectivity index (χ4n) is 4.19. The summed E-state index contributed by atoms with van der Waals surface area (Å²) in [5.41, 5.74) is 3.66. The van der Waals surface area contributed by atoms with E-state index in [0.717, 1.165) is 61.8 Å². The van der Waals surface area contributed by atoms with Crippen molar-refractivity contribution < 1.29 is 19.0 Å². The summed E-state index contributed by atoms with van der Waals surface area (Å²) >= 11 is 1.47. The van der Waals surface area contributed by atoms with E-state index >= 15 is 0 Å². The first-order chi connectivity index (χ1) is 16.2. The monoisotopic (exact) mass is 468 g/mol. The van der Waals surface area contributed by atoms with Crippen LogP contribution in [0.1, 0.15) is 15.9 Å². The van der Waals surface area contributed by atoms with Gasteiger partial charge in [0.15, 0.2) is 5.13 Å². The summed E-state index contributed by atoms with van der Waals surface area (Å²) in [6.45, 7) is 7.38. The van der Waals surface area contributed by atoms with Gasteiger partial charge in [-0.2, -0.15) is 0 Å². The van der Waals surface area contributed by atoms with Crippen LogP contribution in [0.25, 0.3) is 10.2 Å². The zero-order valence-corrected chi connectivity index (χ0v) is 19.5. The van der Waals surface area contributed by atoms with E-state index in [4.69, 9.17) is 14.2 Å². The molecule has 0 saturated carbocycles. The molecular formula is C24H28N4O4S. The lowest BCUT2D eigenvalue weighted by Gasteiger charge is -2.29. The molecule has 2 saturated heterocycles. The van der Waals surface area contributed by atoms with Gasteiger partial charge < -0.3 is 19.1 Å². The van der Waals surface area contributed by atoms with Crippen LogP contribution in [0, 0.1) is 0 Å². The number of nitrogens with one attached hydrogen (secondary N) is 1. The fraction of sp³-hybridized carbons (Fsp3) is 0.417. The number of nitrogens with zero attached hydrogens (tertiary/aromatic N) is 3. The van der Waals surface area contributed by atoms with Gasteiger partial charge in [0.05, 0.1) is 43.9 Å². The predicted octanol–water partition coefficient (Wildman–Crippen LogP) is 3.23. The molecule has 0 radical (unpaired) electrons. The standard InChI is InChI=1S/C24H28N4O4S/c1-30-20-7-6-19(28-10-14-32-15-11-28)22-21(20)25-24(33-22)26-23(29)18-4-2-17(3-5-18)16-27-8-12-31-13-9-27/h2-7H,8-16H2,1H3,(H,25,26,29). The molecule has 2 aliphatic rings. The largest absolute Gasteiger partial charge is 0.494 e. The highest BCUT2D eigenvalue weighted by atomic mass is 32.1. The molecule has 8 nitrogen and oxygen atoms in total. The number of fused-ring (bicyclic) bond motifs is 1. The number of amides is 1. The summed E-state index contributed by atoms with van der Waals surface area (Å²) in [5.74, 6) is 0.532. The fourth-order valence-corrected chi connectivity index (χ4v) is 5.21. The molecule has 1 aromatic heterocycles. The van der Waals surface area contributed by atoms with E-state index in [1.54, 1.807) is 7.11 Å². The first-order valence-electron chi connectivity index (χ1n) is 11.2. The Labute approximate surface area is 197 Å². The van der Waals surface area contributed by atoms with E-state index in [2.05, 4.69) is 26.2 Å². The molecule has 2 aromatic carbocycles. The van der Waals surface area contributed by atoms with Crippen LogP contribution in [0.5, 0.6) is 5.75 Å². The Kier molecular flexibility index (Phi) is 6.73. The van der Waals surface area contributed by atoms with Crippen molar-refractivity contribution >= 4 is 38.3 Å². The van der Waals surface area contributed by atoms with Gasteiger partial charge >= 0.3 is 0 Å². The van der Waals surface area contributed by atoms with Gasteiger partial charge in [0.25, 0.3) is 5.91 Å². The molecule has 0 aliphatic carbocycles. The predicted molar refractivity (Wildman–Crippen MR) is 130 cm³/mol. The Balaban J connectivity index is 1.32. The Bertz CT molecular complexity index is 1110. The molecule has 0 unspecified atom stereocenters. The zero-order valence-electron chi connectivity index (χ0n) is 18.7. The quantitative estimate of drug-likeness (QED) is 0.595. The van der Waals surface area contributed by atoms with Crippen LogP contribution >= 0.6 is 11.3 Å². The van der Waals surface area contributed by atoms with Crippen LogP contribution in [-0.2, 0) is 16.0 Å². The van der Waals surface area contributed by atoms with Crippen molar-refractivity contribution in [2.24, 2.45) is 0 Å². The number of hydrogen-bond acceptors (Lipinski definition) is 8. The second-order valence-corrected chi connectivity index (χ2v) is 9.12. The molecule has 1 N–H and O–H groups in total. The minimum atomic E-state index is -0.168. The highest BCUT2D eigenvalue weighted by molar-refractivity contribution is 7.23. The second-order valence-electron chi connectivity index (χ2n) is 8.12. The first-order valence-corrected chi connectivity index (χ1v) is 12.0. The van der Waals surface area contributed by atoms with Crippen LogP contribution < -0.4 is 15.0 Å². The maximum atomic E-state index is 12.9. The minimum Gasteiger partial charge on any atom is -0.494 e. The average Bonchev–Trinajstić information content (AvgIpc) is 3.28. The number of benzene rings is 2. The third-order valence-electron chi connectivity index (χ3n) is 6.00. The Morgan fingerprint density at radius 3 is 2.42 bits per heavy atom. The number of ether oxygens (including phenoxy) is 3. The van der Waals surface area contributed by atoms with Crippen LogP contribution in [0.15, 0.2) is 36.4 Å². The third kappa shape index (κ3) is 4.96. The number of thiazole rings is 1. The molecule has 2 fully saturated rings. The van der Waals surface area contributed by atoms with E-state index < -0.39 is 0 Å². The van der Waals surface area contributed by atoms with Gasteiger partial charge in [-0.3, -0.25) is 15.0 Å². The number of morpholine rings is 2. The van der Waals surface area contributed by atoms with E-state index in [-0.39, 0.29) is 5.91 Å². The molecule has 174 valence electrons. The molecular weight excluding hydrogens is 440 g/mol. The van der Waals surface area contributed by atoms with Crippen molar-refractivity contribution in [3.05, 3.63) is 47.5 Å². The molecule has 0 spiro atoms. The lowest BCUT2D eigenvalue weighted by Crippen LogP contribution is -2.36. The van der Waals surface area contributed by atoms with Crippen LogP contribution in [-0.4, -0.2) is 75.5 Å². The SMILES string of the molecule is COc1ccc(N2CCOCC2)c2sc(NC(=O)c3ccc(CN4CCOCC4)cc3)nc12. The van der Waals surface area contributed by atoms with Gasteiger partial charge in [-0.15, -0.1) is 0 Å². The maximum Gasteiger partial charge on any atom is 0.257 e. The summed E-state index contributed by atoms with van der Waals surface area (Å²) in [6, 6.07) is 11.8. The second kappa shape index (κ2) is 10.0. The maximum absolute atomic E-state index is 12.9. The van der Waals surface area contributed by atoms with Crippen molar-refractivity contribution in [2.45, 2.75) is 6.54 Å². The molecule has 3 heterocycles. The van der Waals surface area contributed by atoms with Crippen LogP contribution in [0.2, 0.25) is 0 Å². The summed E-state index contributed by atoms with van der Waals surface area (Å²) in [5, 5.41) is 3.53. The van der Waals surface area contributed by atoms with E-state index in [0.29, 0.717) is 29.7 Å². The molecule has 3 aromatic rings. The van der Waals surface area contributed by atoms with E-state index in [1.807, 2.05) is 30.3 Å². The summed E-state index contributed by atoms with van der Waals surface area (Å²) < 4.78 is 17.4. The van der Waals surface area contributed by atoms with Crippen molar-refractivity contribution in [1.29, 1.82) is 0 Å². The summed E-state index contributed by atoms with van der Waals surface area (Å²) in [6.07, 6.45) is 0. The molecule has 33 heavy (non-hydrogen) atoms. The number of hydrogen-bond donors (Lipinski definition) is 1. The normalized spacial score (nSPS) is 17.3. The van der Waals surface area contributed by atoms with Crippen molar-refractivity contribution in [1.82, 2.24) is 9.88 Å².